The Balaban J connectivity index is 1.00. The van der Waals surface area contributed by atoms with Crippen LogP contribution in [0.3, 0.4) is 0 Å². The van der Waals surface area contributed by atoms with E-state index in [4.69, 9.17) is 19.4 Å². The van der Waals surface area contributed by atoms with Crippen LogP contribution >= 0.6 is 0 Å². The van der Waals surface area contributed by atoms with Gasteiger partial charge in [0.2, 0.25) is 0 Å². The Bertz CT molecular complexity index is 3040. The molecule has 0 radical (unpaired) electrons. The van der Waals surface area contributed by atoms with Gasteiger partial charge in [0.15, 0.2) is 17.5 Å². The van der Waals surface area contributed by atoms with E-state index in [2.05, 4.69) is 102 Å². The molecule has 56 heavy (non-hydrogen) atoms. The Labute approximate surface area is 324 Å². The highest BCUT2D eigenvalue weighted by Gasteiger charge is 2.51. The van der Waals surface area contributed by atoms with Gasteiger partial charge >= 0.3 is 0 Å². The average Bonchev–Trinajstić information content (AvgIpc) is 3.78. The lowest BCUT2D eigenvalue weighted by molar-refractivity contribution is -0.00518. The Morgan fingerprint density at radius 1 is 0.536 bits per heavy atom. The highest BCUT2D eigenvalue weighted by molar-refractivity contribution is 6.10. The second-order valence-electron chi connectivity index (χ2n) is 16.6. The van der Waals surface area contributed by atoms with E-state index in [0.717, 1.165) is 83.9 Å². The number of hydrogen-bond donors (Lipinski definition) is 0. The van der Waals surface area contributed by atoms with Crippen molar-refractivity contribution in [1.29, 1.82) is 5.26 Å². The largest absolute Gasteiger partial charge is 0.456 e. The predicted octanol–water partition coefficient (Wildman–Crippen LogP) is 12.2. The SMILES string of the molecule is N#Cc1ccc(-n2c3ccccc3c3cc(-c4nc(-c5ccc(C67CC8CC(CC(C8)C6)C7)cc5)nc(-c5ccc6c(c5)oc5ccccc56)n4)ccc32)cc1. The zero-order valence-electron chi connectivity index (χ0n) is 30.8. The van der Waals surface area contributed by atoms with Crippen molar-refractivity contribution in [3.05, 3.63) is 145 Å². The van der Waals surface area contributed by atoms with Gasteiger partial charge in [0.25, 0.3) is 0 Å². The first-order chi connectivity index (χ1) is 27.6. The summed E-state index contributed by atoms with van der Waals surface area (Å²) in [5.41, 5.74) is 10.1. The molecule has 0 atom stereocenters. The summed E-state index contributed by atoms with van der Waals surface area (Å²) in [6.45, 7) is 0. The van der Waals surface area contributed by atoms with E-state index in [-0.39, 0.29) is 0 Å². The van der Waals surface area contributed by atoms with E-state index in [1.165, 1.54) is 44.1 Å². The molecule has 6 aromatic carbocycles. The molecule has 4 bridgehead atoms. The van der Waals surface area contributed by atoms with Crippen LogP contribution in [-0.2, 0) is 5.41 Å². The van der Waals surface area contributed by atoms with Crippen LogP contribution in [0, 0.1) is 29.1 Å². The zero-order chi connectivity index (χ0) is 37.0. The minimum absolute atomic E-state index is 0.330. The third-order valence-corrected chi connectivity index (χ3v) is 13.3. The maximum Gasteiger partial charge on any atom is 0.164 e. The molecule has 0 aliphatic heterocycles. The Hall–Kier alpha value is -6.58. The summed E-state index contributed by atoms with van der Waals surface area (Å²) in [5, 5.41) is 13.8. The Morgan fingerprint density at radius 3 is 1.82 bits per heavy atom. The van der Waals surface area contributed by atoms with Gasteiger partial charge in [0.1, 0.15) is 11.2 Å². The number of nitrogens with zero attached hydrogens (tertiary/aromatic N) is 5. The van der Waals surface area contributed by atoms with Gasteiger partial charge < -0.3 is 8.98 Å². The number of rotatable bonds is 5. The second-order valence-corrected chi connectivity index (χ2v) is 16.6. The highest BCUT2D eigenvalue weighted by atomic mass is 16.3. The van der Waals surface area contributed by atoms with E-state index < -0.39 is 0 Å². The summed E-state index contributed by atoms with van der Waals surface area (Å²) < 4.78 is 8.57. The van der Waals surface area contributed by atoms with Crippen molar-refractivity contribution in [2.75, 3.05) is 0 Å². The molecule has 0 spiro atoms. The number of nitriles is 1. The maximum absolute atomic E-state index is 9.43. The lowest BCUT2D eigenvalue weighted by Crippen LogP contribution is -2.48. The molecule has 9 aromatic rings. The summed E-state index contributed by atoms with van der Waals surface area (Å²) in [5.74, 6) is 4.58. The number of hydrogen-bond acceptors (Lipinski definition) is 5. The van der Waals surface area contributed by atoms with Gasteiger partial charge in [-0.1, -0.05) is 66.7 Å². The van der Waals surface area contributed by atoms with Crippen LogP contribution in [-0.4, -0.2) is 19.5 Å². The van der Waals surface area contributed by atoms with Gasteiger partial charge in [-0.25, -0.2) is 15.0 Å². The third kappa shape index (κ3) is 4.90. The average molecular weight is 724 g/mol. The van der Waals surface area contributed by atoms with Crippen LogP contribution < -0.4 is 0 Å². The second kappa shape index (κ2) is 12.0. The van der Waals surface area contributed by atoms with Crippen molar-refractivity contribution in [3.63, 3.8) is 0 Å². The van der Waals surface area contributed by atoms with E-state index in [9.17, 15) is 5.26 Å². The zero-order valence-corrected chi connectivity index (χ0v) is 30.8. The minimum Gasteiger partial charge on any atom is -0.456 e. The molecule has 0 saturated heterocycles. The summed E-state index contributed by atoms with van der Waals surface area (Å²) in [7, 11) is 0. The molecule has 4 saturated carbocycles. The fourth-order valence-corrected chi connectivity index (χ4v) is 11.1. The van der Waals surface area contributed by atoms with Crippen molar-refractivity contribution in [3.8, 4) is 45.9 Å². The lowest BCUT2D eigenvalue weighted by Gasteiger charge is -2.57. The molecule has 268 valence electrons. The maximum atomic E-state index is 9.43. The molecule has 6 heteroatoms. The van der Waals surface area contributed by atoms with Crippen molar-refractivity contribution in [1.82, 2.24) is 19.5 Å². The topological polar surface area (TPSA) is 80.5 Å². The van der Waals surface area contributed by atoms with Crippen LogP contribution in [0.15, 0.2) is 138 Å². The molecular weight excluding hydrogens is 687 g/mol. The molecule has 0 amide bonds. The number of benzene rings is 6. The van der Waals surface area contributed by atoms with Crippen molar-refractivity contribution >= 4 is 43.7 Å². The van der Waals surface area contributed by atoms with E-state index in [0.29, 0.717) is 28.5 Å². The van der Waals surface area contributed by atoms with Gasteiger partial charge in [-0.15, -0.1) is 0 Å². The summed E-state index contributed by atoms with van der Waals surface area (Å²) >= 11 is 0. The van der Waals surface area contributed by atoms with Gasteiger partial charge in [-0.3, -0.25) is 0 Å². The first-order valence-corrected chi connectivity index (χ1v) is 19.9. The fourth-order valence-electron chi connectivity index (χ4n) is 11.1. The highest BCUT2D eigenvalue weighted by Crippen LogP contribution is 2.60. The molecule has 0 unspecified atom stereocenters. The van der Waals surface area contributed by atoms with E-state index in [1.807, 2.05) is 42.5 Å². The minimum atomic E-state index is 0.330. The van der Waals surface area contributed by atoms with Crippen LogP contribution in [0.25, 0.3) is 83.6 Å². The summed E-state index contributed by atoms with van der Waals surface area (Å²) in [6.07, 6.45) is 8.34. The number of aromatic nitrogens is 4. The van der Waals surface area contributed by atoms with Crippen LogP contribution in [0.4, 0.5) is 0 Å². The van der Waals surface area contributed by atoms with Crippen LogP contribution in [0.1, 0.15) is 49.7 Å². The quantitative estimate of drug-likeness (QED) is 0.177. The van der Waals surface area contributed by atoms with E-state index in [1.54, 1.807) is 0 Å². The standard InChI is InChI=1S/C50H37N5O/c51-29-30-9-17-38(18-10-30)55-43-7-3-1-5-39(43)42-24-35(14-20-44(42)55)48-52-47(34-11-15-37(16-12-34)50-26-31-21-32(27-50)23-33(22-31)28-50)53-49(54-48)36-13-19-41-40-6-2-4-8-45(40)56-46(41)25-36/h1-20,24-25,31-33H,21-23,26-28H2. The first-order valence-electron chi connectivity index (χ1n) is 19.9. The monoisotopic (exact) mass is 723 g/mol. The normalized spacial score (nSPS) is 21.4. The fraction of sp³-hybridized carbons (Fsp3) is 0.200. The summed E-state index contributed by atoms with van der Waals surface area (Å²) in [6, 6.07) is 48.6. The molecular formula is C50H37N5O. The van der Waals surface area contributed by atoms with Gasteiger partial charge in [-0.05, 0) is 134 Å². The molecule has 13 rings (SSSR count). The van der Waals surface area contributed by atoms with Crippen molar-refractivity contribution in [2.45, 2.75) is 43.9 Å². The molecule has 3 aromatic heterocycles. The van der Waals surface area contributed by atoms with Gasteiger partial charge in [0, 0.05) is 43.9 Å². The van der Waals surface area contributed by atoms with Gasteiger partial charge in [0.05, 0.1) is 22.7 Å². The van der Waals surface area contributed by atoms with Crippen molar-refractivity contribution < 1.29 is 4.42 Å². The third-order valence-electron chi connectivity index (χ3n) is 13.3. The lowest BCUT2D eigenvalue weighted by atomic mass is 9.48. The molecule has 6 nitrogen and oxygen atoms in total. The number of para-hydroxylation sites is 2. The molecule has 4 aliphatic carbocycles. The smallest absolute Gasteiger partial charge is 0.164 e. The molecule has 3 heterocycles. The van der Waals surface area contributed by atoms with E-state index >= 15 is 0 Å². The Kier molecular flexibility index (Phi) is 6.78. The molecule has 4 aliphatic rings. The van der Waals surface area contributed by atoms with Crippen molar-refractivity contribution in [2.24, 2.45) is 17.8 Å². The van der Waals surface area contributed by atoms with Gasteiger partial charge in [-0.2, -0.15) is 5.26 Å². The van der Waals surface area contributed by atoms with Crippen LogP contribution in [0.2, 0.25) is 0 Å². The first kappa shape index (κ1) is 31.7. The summed E-state index contributed by atoms with van der Waals surface area (Å²) in [4.78, 5) is 15.5. The van der Waals surface area contributed by atoms with Crippen LogP contribution in [0.5, 0.6) is 0 Å². The number of fused-ring (bicyclic) bond motifs is 6. The number of furan rings is 1. The molecule has 0 N–H and O–H groups in total. The molecule has 4 fully saturated rings. The Morgan fingerprint density at radius 2 is 1.11 bits per heavy atom. The predicted molar refractivity (Wildman–Crippen MR) is 222 cm³/mol.